The van der Waals surface area contributed by atoms with Crippen molar-refractivity contribution >= 4 is 0 Å². The monoisotopic (exact) mass is 225 g/mol. The highest BCUT2D eigenvalue weighted by atomic mass is 14.8. The molecule has 96 valence electrons. The fourth-order valence-electron chi connectivity index (χ4n) is 1.94. The van der Waals surface area contributed by atoms with Crippen molar-refractivity contribution in [1.82, 2.24) is 5.32 Å². The van der Waals surface area contributed by atoms with Crippen LogP contribution in [0.3, 0.4) is 0 Å². The number of nitrogens with one attached hydrogen (secondary N) is 1. The van der Waals surface area contributed by atoms with E-state index in [9.17, 15) is 0 Å². The summed E-state index contributed by atoms with van der Waals surface area (Å²) in [6.45, 7) is 8.08. The standard InChI is InChI=1S/C15H31N/c1-3-5-6-7-8-9-10-11-12-13-15-16-14-4-2/h4,16H,2-3,5-15H2,1H3. The van der Waals surface area contributed by atoms with Crippen LogP contribution in [-0.2, 0) is 0 Å². The number of hydrogen-bond donors (Lipinski definition) is 1. The summed E-state index contributed by atoms with van der Waals surface area (Å²) in [7, 11) is 0. The van der Waals surface area contributed by atoms with Gasteiger partial charge in [-0.3, -0.25) is 0 Å². The highest BCUT2D eigenvalue weighted by Gasteiger charge is 1.92. The molecule has 0 spiro atoms. The Kier molecular flexibility index (Phi) is 14.4. The van der Waals surface area contributed by atoms with Crippen molar-refractivity contribution in [3.8, 4) is 0 Å². The zero-order chi connectivity index (χ0) is 11.9. The second-order valence-corrected chi connectivity index (χ2v) is 4.67. The molecule has 0 aromatic rings. The van der Waals surface area contributed by atoms with Gasteiger partial charge in [0.15, 0.2) is 0 Å². The lowest BCUT2D eigenvalue weighted by Gasteiger charge is -2.03. The van der Waals surface area contributed by atoms with Crippen molar-refractivity contribution in [2.45, 2.75) is 71.1 Å². The zero-order valence-electron chi connectivity index (χ0n) is 11.3. The molecule has 0 atom stereocenters. The van der Waals surface area contributed by atoms with Gasteiger partial charge >= 0.3 is 0 Å². The molecule has 1 nitrogen and oxygen atoms in total. The van der Waals surface area contributed by atoms with Crippen molar-refractivity contribution in [1.29, 1.82) is 0 Å². The Hall–Kier alpha value is -0.300. The maximum atomic E-state index is 3.69. The van der Waals surface area contributed by atoms with E-state index in [0.717, 1.165) is 13.1 Å². The number of unbranched alkanes of at least 4 members (excludes halogenated alkanes) is 9. The van der Waals surface area contributed by atoms with Gasteiger partial charge in [-0.15, -0.1) is 6.58 Å². The van der Waals surface area contributed by atoms with Gasteiger partial charge < -0.3 is 5.32 Å². The first-order valence-corrected chi connectivity index (χ1v) is 7.23. The van der Waals surface area contributed by atoms with Gasteiger partial charge in [-0.05, 0) is 13.0 Å². The van der Waals surface area contributed by atoms with Gasteiger partial charge in [0, 0.05) is 6.54 Å². The third kappa shape index (κ3) is 13.7. The molecular formula is C15H31N. The molecule has 0 aliphatic rings. The number of hydrogen-bond acceptors (Lipinski definition) is 1. The predicted octanol–water partition coefficient (Wildman–Crippen LogP) is 4.68. The summed E-state index contributed by atoms with van der Waals surface area (Å²) in [4.78, 5) is 0. The molecule has 0 aromatic carbocycles. The molecular weight excluding hydrogens is 194 g/mol. The zero-order valence-corrected chi connectivity index (χ0v) is 11.3. The van der Waals surface area contributed by atoms with Gasteiger partial charge in [0.1, 0.15) is 0 Å². The summed E-state index contributed by atoms with van der Waals surface area (Å²) in [6, 6.07) is 0. The lowest BCUT2D eigenvalue weighted by Crippen LogP contribution is -2.14. The second-order valence-electron chi connectivity index (χ2n) is 4.67. The van der Waals surface area contributed by atoms with Crippen LogP contribution in [-0.4, -0.2) is 13.1 Å². The summed E-state index contributed by atoms with van der Waals surface area (Å²) >= 11 is 0. The van der Waals surface area contributed by atoms with E-state index in [1.165, 1.54) is 64.2 Å². The molecule has 0 aromatic heterocycles. The molecule has 1 heteroatoms. The molecule has 0 heterocycles. The van der Waals surface area contributed by atoms with E-state index in [2.05, 4.69) is 18.8 Å². The Morgan fingerprint density at radius 3 is 1.81 bits per heavy atom. The molecule has 0 bridgehead atoms. The highest BCUT2D eigenvalue weighted by Crippen LogP contribution is 2.10. The summed E-state index contributed by atoms with van der Waals surface area (Å²) in [5.41, 5.74) is 0. The lowest BCUT2D eigenvalue weighted by molar-refractivity contribution is 0.549. The average Bonchev–Trinajstić information content (AvgIpc) is 2.31. The van der Waals surface area contributed by atoms with Gasteiger partial charge in [0.05, 0.1) is 0 Å². The summed E-state index contributed by atoms with van der Waals surface area (Å²) in [5.74, 6) is 0. The quantitative estimate of drug-likeness (QED) is 0.354. The van der Waals surface area contributed by atoms with Gasteiger partial charge in [0.25, 0.3) is 0 Å². The molecule has 0 amide bonds. The summed E-state index contributed by atoms with van der Waals surface area (Å²) < 4.78 is 0. The Labute approximate surface area is 103 Å². The first-order valence-electron chi connectivity index (χ1n) is 7.23. The van der Waals surface area contributed by atoms with Crippen molar-refractivity contribution in [3.63, 3.8) is 0 Å². The molecule has 0 radical (unpaired) electrons. The summed E-state index contributed by atoms with van der Waals surface area (Å²) in [6.07, 6.45) is 16.1. The van der Waals surface area contributed by atoms with Gasteiger partial charge in [-0.2, -0.15) is 0 Å². The first kappa shape index (κ1) is 15.7. The lowest BCUT2D eigenvalue weighted by atomic mass is 10.1. The van der Waals surface area contributed by atoms with E-state index >= 15 is 0 Å². The molecule has 16 heavy (non-hydrogen) atoms. The second kappa shape index (κ2) is 14.7. The Morgan fingerprint density at radius 1 is 0.812 bits per heavy atom. The van der Waals surface area contributed by atoms with E-state index in [0.29, 0.717) is 0 Å². The van der Waals surface area contributed by atoms with Crippen molar-refractivity contribution in [2.24, 2.45) is 0 Å². The minimum atomic E-state index is 0.956. The Balaban J connectivity index is 2.85. The van der Waals surface area contributed by atoms with E-state index in [4.69, 9.17) is 0 Å². The minimum Gasteiger partial charge on any atom is -0.313 e. The third-order valence-electron chi connectivity index (χ3n) is 3.00. The largest absolute Gasteiger partial charge is 0.313 e. The molecule has 1 N–H and O–H groups in total. The van der Waals surface area contributed by atoms with Crippen LogP contribution in [0, 0.1) is 0 Å². The Bertz CT molecular complexity index is 131. The maximum Gasteiger partial charge on any atom is 0.0132 e. The predicted molar refractivity (Wildman–Crippen MR) is 74.9 cm³/mol. The van der Waals surface area contributed by atoms with E-state index in [-0.39, 0.29) is 0 Å². The first-order chi connectivity index (χ1) is 7.91. The molecule has 0 aliphatic carbocycles. The smallest absolute Gasteiger partial charge is 0.0132 e. The van der Waals surface area contributed by atoms with Crippen LogP contribution in [0.15, 0.2) is 12.7 Å². The molecule has 0 rings (SSSR count). The van der Waals surface area contributed by atoms with E-state index in [1.54, 1.807) is 0 Å². The number of rotatable bonds is 13. The minimum absolute atomic E-state index is 0.956. The van der Waals surface area contributed by atoms with Crippen LogP contribution >= 0.6 is 0 Å². The highest BCUT2D eigenvalue weighted by molar-refractivity contribution is 4.69. The molecule has 0 saturated carbocycles. The SMILES string of the molecule is C=CCNCCCCCCCCCCCC. The Morgan fingerprint density at radius 2 is 1.31 bits per heavy atom. The van der Waals surface area contributed by atoms with Gasteiger partial charge in [0.2, 0.25) is 0 Å². The topological polar surface area (TPSA) is 12.0 Å². The summed E-state index contributed by atoms with van der Waals surface area (Å²) in [5, 5.41) is 3.34. The van der Waals surface area contributed by atoms with Crippen LogP contribution < -0.4 is 5.32 Å². The average molecular weight is 225 g/mol. The molecule has 0 fully saturated rings. The normalized spacial score (nSPS) is 10.6. The van der Waals surface area contributed by atoms with Crippen LogP contribution in [0.1, 0.15) is 71.1 Å². The van der Waals surface area contributed by atoms with Gasteiger partial charge in [-0.25, -0.2) is 0 Å². The van der Waals surface area contributed by atoms with Gasteiger partial charge in [-0.1, -0.05) is 70.8 Å². The fourth-order valence-corrected chi connectivity index (χ4v) is 1.94. The third-order valence-corrected chi connectivity index (χ3v) is 3.00. The van der Waals surface area contributed by atoms with Crippen LogP contribution in [0.5, 0.6) is 0 Å². The van der Waals surface area contributed by atoms with Crippen LogP contribution in [0.25, 0.3) is 0 Å². The van der Waals surface area contributed by atoms with Crippen molar-refractivity contribution < 1.29 is 0 Å². The van der Waals surface area contributed by atoms with E-state index < -0.39 is 0 Å². The molecule has 0 aliphatic heterocycles. The van der Waals surface area contributed by atoms with Crippen LogP contribution in [0.2, 0.25) is 0 Å². The molecule has 0 saturated heterocycles. The fraction of sp³-hybridized carbons (Fsp3) is 0.867. The van der Waals surface area contributed by atoms with Crippen LogP contribution in [0.4, 0.5) is 0 Å². The van der Waals surface area contributed by atoms with Crippen molar-refractivity contribution in [3.05, 3.63) is 12.7 Å². The molecule has 0 unspecified atom stereocenters. The van der Waals surface area contributed by atoms with Crippen molar-refractivity contribution in [2.75, 3.05) is 13.1 Å². The van der Waals surface area contributed by atoms with E-state index in [1.807, 2.05) is 6.08 Å². The maximum absolute atomic E-state index is 3.69.